The topological polar surface area (TPSA) is 335 Å². The Morgan fingerprint density at radius 1 is 0.600 bits per heavy atom. The van der Waals surface area contributed by atoms with Crippen molar-refractivity contribution in [2.24, 2.45) is 0 Å². The number of carbonyl (C=O) groups excluding carboxylic acids is 2. The number of rotatable bonds is 29. The lowest BCUT2D eigenvalue weighted by Gasteiger charge is -2.44. The quantitative estimate of drug-likeness (QED) is 0.0118. The molecule has 0 aliphatic heterocycles. The molecule has 386 valence electrons. The summed E-state index contributed by atoms with van der Waals surface area (Å²) >= 11 is 0. The maximum atomic E-state index is 12.7. The van der Waals surface area contributed by atoms with Crippen LogP contribution in [-0.4, -0.2) is 120 Å². The van der Waals surface area contributed by atoms with Gasteiger partial charge >= 0.3 is 29.4 Å². The predicted octanol–water partition coefficient (Wildman–Crippen LogP) is 5.01. The van der Waals surface area contributed by atoms with E-state index in [-0.39, 0.29) is 25.2 Å². The van der Waals surface area contributed by atoms with E-state index in [2.05, 4.69) is 80.6 Å². The van der Waals surface area contributed by atoms with Gasteiger partial charge in [0.25, 0.3) is 0 Å². The molecule has 65 heavy (non-hydrogen) atoms. The molecule has 10 N–H and O–H groups in total. The van der Waals surface area contributed by atoms with Crippen LogP contribution in [0.1, 0.15) is 136 Å². The van der Waals surface area contributed by atoms with Crippen molar-refractivity contribution in [2.45, 2.75) is 166 Å². The van der Waals surface area contributed by atoms with Gasteiger partial charge in [-0.05, 0) is 43.4 Å². The van der Waals surface area contributed by atoms with Crippen LogP contribution in [-0.2, 0) is 50.9 Å². The molecule has 0 spiro atoms. The molecule has 0 aromatic carbocycles. The molecule has 1 rings (SSSR count). The molecule has 1 amide bonds. The number of hydrogen-bond donors (Lipinski definition) is 10. The van der Waals surface area contributed by atoms with E-state index in [1.807, 2.05) is 6.92 Å². The minimum Gasteiger partial charge on any atom is -0.457 e. The van der Waals surface area contributed by atoms with Gasteiger partial charge in [-0.3, -0.25) is 33.0 Å². The van der Waals surface area contributed by atoms with E-state index in [9.17, 15) is 43.5 Å². The predicted molar refractivity (Wildman–Crippen MR) is 252 cm³/mol. The second-order valence-corrected chi connectivity index (χ2v) is 18.0. The zero-order valence-corrected chi connectivity index (χ0v) is 39.5. The molecule has 8 atom stereocenters. The minimum atomic E-state index is -5.56. The maximum Gasteiger partial charge on any atom is 0.472 e. The molecule has 0 radical (unpaired) electrons. The standard InChI is InChI=1S/C26H53O19P3.C15H11NO.9H2/c1-2-3-4-5-6-7-8-9-10-11-12-13-14-15-20(28)42-19(16-40-18-27)17-41-48(38,39)45-24-21(29)22(30)25(43-46(32,33)34)26(23(24)31)44-47(35,36)37;1-3-5-6-7-8-9-10-11-12-14-16-15(17)13-4-2;;;;;;;;;/h19,21-27,29-31H,2-18H2,1H3,(H,38,39)(H2,32,33,34)(H2,35,36,37);4,13H2,1-2H3,(H,16,17);9*1H/t19-,21?,22+,23-,24?,25+,26?;;;;;;;;;;/m1........../s1. The Hall–Kier alpha value is -3.13. The Morgan fingerprint density at radius 3 is 1.54 bits per heavy atom. The number of aliphatic hydroxyl groups excluding tert-OH is 4. The van der Waals surface area contributed by atoms with Crippen molar-refractivity contribution < 1.29 is 109 Å². The summed E-state index contributed by atoms with van der Waals surface area (Å²) < 4.78 is 63.4. The third-order valence-electron chi connectivity index (χ3n) is 8.70. The van der Waals surface area contributed by atoms with Gasteiger partial charge in [-0.25, -0.2) is 13.7 Å². The third kappa shape index (κ3) is 33.1. The SMILES string of the molecule is CC#CC#CC#CC#CC#CNC(=O)CCC.CCCCCCCCCCCCCCCC(=O)O[C@H](COCO)COP(=O)(O)OC1C(O)[C@H](O)[C@H](OP(=O)(O)O)C(OP(=O)(O)O)[C@@H]1O.[HH].[HH].[HH].[HH].[HH].[HH].[HH].[HH].[HH]. The fraction of sp³-hybridized carbons (Fsp3) is 0.707. The third-order valence-corrected chi connectivity index (χ3v) is 10.7. The zero-order chi connectivity index (χ0) is 49.2. The molecule has 0 bridgehead atoms. The number of phosphoric ester groups is 3. The molecular formula is C41H82NO20P3. The summed E-state index contributed by atoms with van der Waals surface area (Å²) in [6, 6.07) is 2.43. The lowest BCUT2D eigenvalue weighted by molar-refractivity contribution is -0.213. The average Bonchev–Trinajstić information content (AvgIpc) is 3.23. The number of aliphatic hydroxyl groups is 4. The summed E-state index contributed by atoms with van der Waals surface area (Å²) in [5.74, 6) is 21.8. The van der Waals surface area contributed by atoms with Gasteiger partial charge in [0, 0.05) is 55.4 Å². The van der Waals surface area contributed by atoms with Crippen LogP contribution in [0.3, 0.4) is 0 Å². The van der Waals surface area contributed by atoms with Gasteiger partial charge < -0.3 is 54.4 Å². The highest BCUT2D eigenvalue weighted by molar-refractivity contribution is 7.47. The van der Waals surface area contributed by atoms with Crippen molar-refractivity contribution in [3.8, 4) is 59.3 Å². The number of ether oxygens (including phenoxy) is 2. The number of amides is 1. The summed E-state index contributed by atoms with van der Waals surface area (Å²) in [7, 11) is -16.4. The van der Waals surface area contributed by atoms with E-state index in [4.69, 9.17) is 43.2 Å². The van der Waals surface area contributed by atoms with Crippen LogP contribution in [0.15, 0.2) is 0 Å². The minimum absolute atomic E-state index is 0. The molecule has 21 nitrogen and oxygen atoms in total. The highest BCUT2D eigenvalue weighted by Crippen LogP contribution is 2.51. The van der Waals surface area contributed by atoms with Gasteiger partial charge in [0.15, 0.2) is 0 Å². The summed E-state index contributed by atoms with van der Waals surface area (Å²) in [6.07, 6.45) is -0.424. The maximum absolute atomic E-state index is 12.7. The van der Waals surface area contributed by atoms with E-state index >= 15 is 0 Å². The van der Waals surface area contributed by atoms with Crippen LogP contribution in [0.4, 0.5) is 0 Å². The van der Waals surface area contributed by atoms with Crippen molar-refractivity contribution in [2.75, 3.05) is 20.0 Å². The van der Waals surface area contributed by atoms with Crippen LogP contribution in [0.5, 0.6) is 0 Å². The Balaban J connectivity index is -0.000000170. The first-order valence-corrected chi connectivity index (χ1v) is 25.5. The van der Waals surface area contributed by atoms with Crippen molar-refractivity contribution in [3.63, 3.8) is 0 Å². The van der Waals surface area contributed by atoms with Crippen LogP contribution in [0.25, 0.3) is 0 Å². The molecule has 1 saturated carbocycles. The van der Waals surface area contributed by atoms with Crippen LogP contribution in [0.2, 0.25) is 0 Å². The zero-order valence-electron chi connectivity index (χ0n) is 36.8. The normalized spacial score (nSPS) is 20.3. The molecule has 0 heterocycles. The molecule has 4 unspecified atom stereocenters. The van der Waals surface area contributed by atoms with Crippen molar-refractivity contribution in [1.82, 2.24) is 5.32 Å². The monoisotopic (exact) mass is 1000 g/mol. The number of nitrogens with one attached hydrogen (secondary N) is 1. The van der Waals surface area contributed by atoms with Gasteiger partial charge in [-0.1, -0.05) is 96.8 Å². The van der Waals surface area contributed by atoms with E-state index in [1.54, 1.807) is 6.92 Å². The highest BCUT2D eigenvalue weighted by Gasteiger charge is 2.56. The van der Waals surface area contributed by atoms with Gasteiger partial charge in [-0.2, -0.15) is 0 Å². The fourth-order valence-electron chi connectivity index (χ4n) is 5.72. The molecular weight excluding hydrogens is 919 g/mol. The first-order chi connectivity index (χ1) is 30.7. The first-order valence-electron chi connectivity index (χ1n) is 21.0. The lowest BCUT2D eigenvalue weighted by Crippen LogP contribution is -2.65. The van der Waals surface area contributed by atoms with Crippen LogP contribution >= 0.6 is 23.5 Å². The average molecular weight is 1000 g/mol. The summed E-state index contributed by atoms with van der Waals surface area (Å²) in [5.41, 5.74) is 0. The van der Waals surface area contributed by atoms with Gasteiger partial charge in [0.2, 0.25) is 5.91 Å². The molecule has 1 aliphatic rings. The Kier molecular flexibility index (Phi) is 34.2. The molecule has 0 aromatic rings. The van der Waals surface area contributed by atoms with E-state index < -0.39 is 92.2 Å². The van der Waals surface area contributed by atoms with Crippen LogP contribution < -0.4 is 5.32 Å². The second kappa shape index (κ2) is 36.0. The number of carbonyl (C=O) groups is 2. The Morgan fingerprint density at radius 2 is 1.06 bits per heavy atom. The van der Waals surface area contributed by atoms with Gasteiger partial charge in [0.1, 0.15) is 49.5 Å². The van der Waals surface area contributed by atoms with E-state index in [0.29, 0.717) is 12.8 Å². The Bertz CT molecular complexity index is 1900. The van der Waals surface area contributed by atoms with Gasteiger partial charge in [-0.15, -0.1) is 0 Å². The second-order valence-electron chi connectivity index (χ2n) is 14.2. The van der Waals surface area contributed by atoms with Crippen molar-refractivity contribution in [1.29, 1.82) is 0 Å². The highest BCUT2D eigenvalue weighted by atomic mass is 31.2. The number of hydrogen-bond acceptors (Lipinski definition) is 15. The summed E-state index contributed by atoms with van der Waals surface area (Å²) in [4.78, 5) is 70.0. The molecule has 1 fully saturated rings. The summed E-state index contributed by atoms with van der Waals surface area (Å²) in [6.45, 7) is 3.68. The molecule has 0 saturated heterocycles. The van der Waals surface area contributed by atoms with Crippen molar-refractivity contribution >= 4 is 35.3 Å². The smallest absolute Gasteiger partial charge is 0.457 e. The lowest BCUT2D eigenvalue weighted by atomic mass is 9.85. The van der Waals surface area contributed by atoms with E-state index in [0.717, 1.165) is 32.1 Å². The molecule has 1 aliphatic carbocycles. The summed E-state index contributed by atoms with van der Waals surface area (Å²) in [5, 5.41) is 42.6. The Labute approximate surface area is 394 Å². The molecule has 0 aromatic heterocycles. The van der Waals surface area contributed by atoms with E-state index in [1.165, 1.54) is 51.4 Å². The van der Waals surface area contributed by atoms with Gasteiger partial charge in [0.05, 0.1) is 13.2 Å². The number of unbranched alkanes of at least 4 members (excludes halogenated alkanes) is 12. The fourth-order valence-corrected chi connectivity index (χ4v) is 7.81. The first kappa shape index (κ1) is 61.9. The number of phosphoric acid groups is 3. The number of esters is 1. The van der Waals surface area contributed by atoms with Crippen LogP contribution in [0, 0.1) is 59.3 Å². The van der Waals surface area contributed by atoms with Crippen molar-refractivity contribution in [3.05, 3.63) is 0 Å². The molecule has 24 heteroatoms. The largest absolute Gasteiger partial charge is 0.472 e.